The van der Waals surface area contributed by atoms with E-state index < -0.39 is 40.0 Å². The molecule has 1 amide bonds. The van der Waals surface area contributed by atoms with Crippen molar-refractivity contribution in [3.63, 3.8) is 0 Å². The van der Waals surface area contributed by atoms with Crippen LogP contribution < -0.4 is 14.8 Å². The molecular weight excluding hydrogens is 449 g/mol. The minimum absolute atomic E-state index is 0.00763. The van der Waals surface area contributed by atoms with Crippen molar-refractivity contribution >= 4 is 33.2 Å². The molecule has 0 atom stereocenters. The first-order valence-electron chi connectivity index (χ1n) is 8.41. The largest absolute Gasteiger partial charge is 0.482 e. The van der Waals surface area contributed by atoms with Gasteiger partial charge in [0, 0.05) is 13.7 Å². The second kappa shape index (κ2) is 10.1. The summed E-state index contributed by atoms with van der Waals surface area (Å²) in [6.45, 7) is -0.390. The molecule has 30 heavy (non-hydrogen) atoms. The van der Waals surface area contributed by atoms with Crippen LogP contribution in [0.2, 0.25) is 5.02 Å². The molecule has 0 aliphatic heterocycles. The maximum Gasteiger partial charge on any atom is 0.418 e. The van der Waals surface area contributed by atoms with E-state index in [1.54, 1.807) is 0 Å². The van der Waals surface area contributed by atoms with Crippen LogP contribution in [0.4, 0.5) is 18.9 Å². The molecule has 2 rings (SSSR count). The molecule has 0 aromatic heterocycles. The summed E-state index contributed by atoms with van der Waals surface area (Å²) in [5.41, 5.74) is -1.40. The van der Waals surface area contributed by atoms with Gasteiger partial charge in [-0.2, -0.15) is 13.2 Å². The highest BCUT2D eigenvalue weighted by Crippen LogP contribution is 2.34. The van der Waals surface area contributed by atoms with Crippen molar-refractivity contribution in [2.24, 2.45) is 0 Å². The summed E-state index contributed by atoms with van der Waals surface area (Å²) < 4.78 is 75.5. The SMILES string of the molecule is COCCNS(=O)(=O)c1ccc(OCC(=O)Nc2ccccc2C(F)(F)F)c(Cl)c1. The zero-order valence-electron chi connectivity index (χ0n) is 15.6. The molecule has 2 aromatic rings. The smallest absolute Gasteiger partial charge is 0.418 e. The van der Waals surface area contributed by atoms with Gasteiger partial charge in [0.1, 0.15) is 5.75 Å². The molecule has 0 saturated heterocycles. The molecule has 164 valence electrons. The number of sulfonamides is 1. The number of amides is 1. The Balaban J connectivity index is 2.02. The van der Waals surface area contributed by atoms with Crippen molar-refractivity contribution in [1.29, 1.82) is 0 Å². The van der Waals surface area contributed by atoms with Gasteiger partial charge in [0.2, 0.25) is 10.0 Å². The number of hydrogen-bond donors (Lipinski definition) is 2. The molecule has 0 aliphatic rings. The molecule has 0 unspecified atom stereocenters. The van der Waals surface area contributed by atoms with Crippen LogP contribution >= 0.6 is 11.6 Å². The van der Waals surface area contributed by atoms with Crippen LogP contribution in [0.25, 0.3) is 0 Å². The molecule has 2 aromatic carbocycles. The van der Waals surface area contributed by atoms with Gasteiger partial charge in [-0.05, 0) is 30.3 Å². The number of methoxy groups -OCH3 is 1. The van der Waals surface area contributed by atoms with E-state index in [1.165, 1.54) is 31.4 Å². The normalized spacial score (nSPS) is 11.9. The highest BCUT2D eigenvalue weighted by molar-refractivity contribution is 7.89. The van der Waals surface area contributed by atoms with Gasteiger partial charge in [-0.25, -0.2) is 13.1 Å². The molecule has 12 heteroatoms. The molecule has 0 fully saturated rings. The third-order valence-corrected chi connectivity index (χ3v) is 5.43. The van der Waals surface area contributed by atoms with Gasteiger partial charge in [-0.1, -0.05) is 23.7 Å². The lowest BCUT2D eigenvalue weighted by molar-refractivity contribution is -0.137. The summed E-state index contributed by atoms with van der Waals surface area (Å²) in [6.07, 6.45) is -4.63. The second-order valence-electron chi connectivity index (χ2n) is 5.86. The van der Waals surface area contributed by atoms with Gasteiger partial charge in [0.25, 0.3) is 5.91 Å². The lowest BCUT2D eigenvalue weighted by atomic mass is 10.1. The van der Waals surface area contributed by atoms with Crippen molar-refractivity contribution < 1.29 is 35.9 Å². The first-order chi connectivity index (χ1) is 14.0. The van der Waals surface area contributed by atoms with Crippen LogP contribution in [-0.4, -0.2) is 41.2 Å². The number of alkyl halides is 3. The van der Waals surface area contributed by atoms with E-state index in [0.29, 0.717) is 0 Å². The molecule has 0 spiro atoms. The van der Waals surface area contributed by atoms with Crippen LogP contribution in [0.1, 0.15) is 5.56 Å². The Morgan fingerprint density at radius 2 is 1.87 bits per heavy atom. The summed E-state index contributed by atoms with van der Waals surface area (Å²) in [5.74, 6) is -0.854. The Kier molecular flexibility index (Phi) is 8.07. The standard InChI is InChI=1S/C18H18ClF3N2O5S/c1-28-9-8-23-30(26,27)12-6-7-16(14(19)10-12)29-11-17(25)24-15-5-3-2-4-13(15)18(20,21)22/h2-7,10,23H,8-9,11H2,1H3,(H,24,25). The zero-order chi connectivity index (χ0) is 22.4. The van der Waals surface area contributed by atoms with Gasteiger partial charge >= 0.3 is 6.18 Å². The first-order valence-corrected chi connectivity index (χ1v) is 10.3. The summed E-state index contributed by atoms with van der Waals surface area (Å²) >= 11 is 6.00. The maximum absolute atomic E-state index is 13.0. The van der Waals surface area contributed by atoms with Gasteiger partial charge in [0.15, 0.2) is 6.61 Å². The van der Waals surface area contributed by atoms with E-state index in [-0.39, 0.29) is 28.8 Å². The quantitative estimate of drug-likeness (QED) is 0.553. The third kappa shape index (κ3) is 6.59. The number of ether oxygens (including phenoxy) is 2. The van der Waals surface area contributed by atoms with E-state index >= 15 is 0 Å². The number of para-hydroxylation sites is 1. The monoisotopic (exact) mass is 466 g/mol. The number of halogens is 4. The molecule has 0 heterocycles. The number of anilines is 1. The van der Waals surface area contributed by atoms with Crippen LogP contribution in [0.3, 0.4) is 0 Å². The van der Waals surface area contributed by atoms with E-state index in [1.807, 2.05) is 0 Å². The number of carbonyl (C=O) groups is 1. The minimum atomic E-state index is -4.63. The summed E-state index contributed by atoms with van der Waals surface area (Å²) in [5, 5.41) is 2.04. The molecule has 0 bridgehead atoms. The van der Waals surface area contributed by atoms with E-state index in [4.69, 9.17) is 21.1 Å². The first kappa shape index (κ1) is 23.9. The maximum atomic E-state index is 13.0. The van der Waals surface area contributed by atoms with Crippen molar-refractivity contribution in [3.8, 4) is 5.75 Å². The predicted octanol–water partition coefficient (Wildman–Crippen LogP) is 3.30. The number of benzene rings is 2. The zero-order valence-corrected chi connectivity index (χ0v) is 17.2. The molecule has 7 nitrogen and oxygen atoms in total. The van der Waals surface area contributed by atoms with Crippen molar-refractivity contribution in [1.82, 2.24) is 4.72 Å². The average Bonchev–Trinajstić information content (AvgIpc) is 2.66. The summed E-state index contributed by atoms with van der Waals surface area (Å²) in [6, 6.07) is 8.09. The average molecular weight is 467 g/mol. The van der Waals surface area contributed by atoms with Gasteiger partial charge in [-0.3, -0.25) is 4.79 Å². The van der Waals surface area contributed by atoms with Crippen LogP contribution in [0, 0.1) is 0 Å². The lowest BCUT2D eigenvalue weighted by Crippen LogP contribution is -2.27. The Labute approximate surface area is 176 Å². The highest BCUT2D eigenvalue weighted by atomic mass is 35.5. The fraction of sp³-hybridized carbons (Fsp3) is 0.278. The van der Waals surface area contributed by atoms with E-state index in [9.17, 15) is 26.4 Å². The molecule has 0 radical (unpaired) electrons. The minimum Gasteiger partial charge on any atom is -0.482 e. The number of carbonyl (C=O) groups excluding carboxylic acids is 1. The molecule has 2 N–H and O–H groups in total. The van der Waals surface area contributed by atoms with E-state index in [2.05, 4.69) is 10.0 Å². The Morgan fingerprint density at radius 1 is 1.17 bits per heavy atom. The second-order valence-corrected chi connectivity index (χ2v) is 8.04. The van der Waals surface area contributed by atoms with Crippen LogP contribution in [0.5, 0.6) is 5.75 Å². The van der Waals surface area contributed by atoms with Crippen molar-refractivity contribution in [2.75, 3.05) is 32.2 Å². The molecular formula is C18H18ClF3N2O5S. The van der Waals surface area contributed by atoms with Crippen LogP contribution in [0.15, 0.2) is 47.4 Å². The fourth-order valence-electron chi connectivity index (χ4n) is 2.30. The van der Waals surface area contributed by atoms with Gasteiger partial charge in [-0.15, -0.1) is 0 Å². The topological polar surface area (TPSA) is 93.7 Å². The predicted molar refractivity (Wildman–Crippen MR) is 104 cm³/mol. The number of rotatable bonds is 9. The fourth-order valence-corrected chi connectivity index (χ4v) is 3.63. The lowest BCUT2D eigenvalue weighted by Gasteiger charge is -2.14. The van der Waals surface area contributed by atoms with Gasteiger partial charge < -0.3 is 14.8 Å². The Morgan fingerprint density at radius 3 is 2.50 bits per heavy atom. The number of nitrogens with one attached hydrogen (secondary N) is 2. The Hall–Kier alpha value is -2.34. The molecule has 0 saturated carbocycles. The van der Waals surface area contributed by atoms with E-state index in [0.717, 1.165) is 18.2 Å². The van der Waals surface area contributed by atoms with Crippen molar-refractivity contribution in [2.45, 2.75) is 11.1 Å². The van der Waals surface area contributed by atoms with Crippen LogP contribution in [-0.2, 0) is 25.7 Å². The summed E-state index contributed by atoms with van der Waals surface area (Å²) in [7, 11) is -2.39. The van der Waals surface area contributed by atoms with Gasteiger partial charge in [0.05, 0.1) is 27.8 Å². The third-order valence-electron chi connectivity index (χ3n) is 3.68. The highest BCUT2D eigenvalue weighted by Gasteiger charge is 2.33. The number of hydrogen-bond acceptors (Lipinski definition) is 5. The Bertz CT molecular complexity index is 1000. The molecule has 0 aliphatic carbocycles. The summed E-state index contributed by atoms with van der Waals surface area (Å²) in [4.78, 5) is 11.9. The van der Waals surface area contributed by atoms with Crippen molar-refractivity contribution in [3.05, 3.63) is 53.1 Å².